The topological polar surface area (TPSA) is 30.5 Å². The molecule has 3 nitrogen and oxygen atoms in total. The molecule has 0 aromatic heterocycles. The molecule has 0 bridgehead atoms. The first-order chi connectivity index (χ1) is 9.19. The van der Waals surface area contributed by atoms with Gasteiger partial charge in [-0.15, -0.1) is 0 Å². The third-order valence-corrected chi connectivity index (χ3v) is 3.98. The van der Waals surface area contributed by atoms with Crippen LogP contribution < -0.4 is 10.1 Å². The average molecular weight is 284 g/mol. The highest BCUT2D eigenvalue weighted by Crippen LogP contribution is 2.35. The quantitative estimate of drug-likeness (QED) is 0.871. The first-order valence-electron chi connectivity index (χ1n) is 6.80. The van der Waals surface area contributed by atoms with Crippen molar-refractivity contribution in [2.75, 3.05) is 33.4 Å². The van der Waals surface area contributed by atoms with Gasteiger partial charge < -0.3 is 14.8 Å². The fourth-order valence-corrected chi connectivity index (χ4v) is 2.87. The summed E-state index contributed by atoms with van der Waals surface area (Å²) in [5, 5.41) is 4.21. The second kappa shape index (κ2) is 6.60. The van der Waals surface area contributed by atoms with E-state index in [2.05, 4.69) is 12.2 Å². The molecule has 0 spiro atoms. The lowest BCUT2D eigenvalue weighted by atomic mass is 9.80. The van der Waals surface area contributed by atoms with Crippen molar-refractivity contribution in [2.45, 2.75) is 19.8 Å². The predicted molar refractivity (Wildman–Crippen MR) is 78.1 cm³/mol. The summed E-state index contributed by atoms with van der Waals surface area (Å²) in [5.41, 5.74) is 1.33. The van der Waals surface area contributed by atoms with Crippen molar-refractivity contribution in [1.82, 2.24) is 5.32 Å². The van der Waals surface area contributed by atoms with E-state index >= 15 is 0 Å². The summed E-state index contributed by atoms with van der Waals surface area (Å²) in [6.07, 6.45) is 2.01. The Hall–Kier alpha value is -0.770. The van der Waals surface area contributed by atoms with Crippen molar-refractivity contribution in [1.29, 1.82) is 0 Å². The Morgan fingerprint density at radius 1 is 1.47 bits per heavy atom. The maximum atomic E-state index is 6.11. The molecule has 0 aliphatic carbocycles. The van der Waals surface area contributed by atoms with Gasteiger partial charge >= 0.3 is 0 Å². The molecular formula is C15H22ClNO2. The van der Waals surface area contributed by atoms with Crippen molar-refractivity contribution in [3.63, 3.8) is 0 Å². The lowest BCUT2D eigenvalue weighted by Crippen LogP contribution is -2.36. The zero-order valence-electron chi connectivity index (χ0n) is 11.7. The maximum Gasteiger partial charge on any atom is 0.122 e. The predicted octanol–water partition coefficient (Wildman–Crippen LogP) is 2.91. The van der Waals surface area contributed by atoms with Crippen LogP contribution in [0.3, 0.4) is 0 Å². The van der Waals surface area contributed by atoms with Gasteiger partial charge in [0.2, 0.25) is 0 Å². The van der Waals surface area contributed by atoms with Crippen molar-refractivity contribution < 1.29 is 9.47 Å². The summed E-state index contributed by atoms with van der Waals surface area (Å²) in [4.78, 5) is 0. The summed E-state index contributed by atoms with van der Waals surface area (Å²) in [6.45, 7) is 5.72. The van der Waals surface area contributed by atoms with E-state index in [0.29, 0.717) is 0 Å². The number of halogens is 1. The smallest absolute Gasteiger partial charge is 0.122 e. The first kappa shape index (κ1) is 14.6. The molecule has 1 atom stereocenters. The number of nitrogens with one attached hydrogen (secondary N) is 1. The SMILES string of the molecule is CCNCC1(Cc2cc(Cl)ccc2OC)CCOC1. The van der Waals surface area contributed by atoms with E-state index in [4.69, 9.17) is 21.1 Å². The Balaban J connectivity index is 2.19. The maximum absolute atomic E-state index is 6.11. The third-order valence-electron chi connectivity index (χ3n) is 3.74. The van der Waals surface area contributed by atoms with Gasteiger partial charge in [-0.1, -0.05) is 18.5 Å². The summed E-state index contributed by atoms with van der Waals surface area (Å²) in [7, 11) is 1.70. The molecule has 1 aliphatic rings. The van der Waals surface area contributed by atoms with Gasteiger partial charge in [-0.2, -0.15) is 0 Å². The lowest BCUT2D eigenvalue weighted by molar-refractivity contribution is 0.149. The molecule has 1 fully saturated rings. The second-order valence-corrected chi connectivity index (χ2v) is 5.65. The summed E-state index contributed by atoms with van der Waals surface area (Å²) in [6, 6.07) is 5.81. The van der Waals surface area contributed by atoms with Gasteiger partial charge in [-0.3, -0.25) is 0 Å². The van der Waals surface area contributed by atoms with Crippen LogP contribution in [0.4, 0.5) is 0 Å². The second-order valence-electron chi connectivity index (χ2n) is 5.22. The monoisotopic (exact) mass is 283 g/mol. The van der Waals surface area contributed by atoms with Crippen molar-refractivity contribution in [3.8, 4) is 5.75 Å². The van der Waals surface area contributed by atoms with E-state index in [0.717, 1.165) is 49.9 Å². The molecule has 106 valence electrons. The van der Waals surface area contributed by atoms with Gasteiger partial charge in [0.05, 0.1) is 13.7 Å². The number of rotatable bonds is 6. The molecule has 0 radical (unpaired) electrons. The Labute approximate surface area is 120 Å². The van der Waals surface area contributed by atoms with E-state index in [1.54, 1.807) is 7.11 Å². The molecule has 0 saturated carbocycles. The van der Waals surface area contributed by atoms with E-state index in [1.807, 2.05) is 18.2 Å². The number of hydrogen-bond acceptors (Lipinski definition) is 3. The number of methoxy groups -OCH3 is 1. The Kier molecular flexibility index (Phi) is 5.08. The van der Waals surface area contributed by atoms with Crippen molar-refractivity contribution in [3.05, 3.63) is 28.8 Å². The van der Waals surface area contributed by atoms with Gasteiger partial charge in [0, 0.05) is 23.6 Å². The van der Waals surface area contributed by atoms with Crippen LogP contribution in [0.1, 0.15) is 18.9 Å². The van der Waals surface area contributed by atoms with Crippen LogP contribution in [0.25, 0.3) is 0 Å². The molecular weight excluding hydrogens is 262 g/mol. The molecule has 2 rings (SSSR count). The van der Waals surface area contributed by atoms with Crippen LogP contribution in [0, 0.1) is 5.41 Å². The fourth-order valence-electron chi connectivity index (χ4n) is 2.67. The number of hydrogen-bond donors (Lipinski definition) is 1. The minimum atomic E-state index is 0.161. The highest BCUT2D eigenvalue weighted by Gasteiger charge is 2.35. The van der Waals surface area contributed by atoms with Gasteiger partial charge in [0.1, 0.15) is 5.75 Å². The number of ether oxygens (including phenoxy) is 2. The normalized spacial score (nSPS) is 22.7. The van der Waals surface area contributed by atoms with Crippen LogP contribution in [-0.2, 0) is 11.2 Å². The summed E-state index contributed by atoms with van der Waals surface area (Å²) < 4.78 is 11.1. The molecule has 4 heteroatoms. The van der Waals surface area contributed by atoms with Gasteiger partial charge in [0.15, 0.2) is 0 Å². The van der Waals surface area contributed by atoms with Gasteiger partial charge in [-0.25, -0.2) is 0 Å². The van der Waals surface area contributed by atoms with Gasteiger partial charge in [-0.05, 0) is 43.1 Å². The lowest BCUT2D eigenvalue weighted by Gasteiger charge is -2.28. The molecule has 1 aromatic carbocycles. The molecule has 1 N–H and O–H groups in total. The molecule has 19 heavy (non-hydrogen) atoms. The standard InChI is InChI=1S/C15H22ClNO2/c1-3-17-10-15(6-7-19-11-15)9-12-8-13(16)4-5-14(12)18-2/h4-5,8,17H,3,6-7,9-11H2,1-2H3. The molecule has 1 saturated heterocycles. The Bertz CT molecular complexity index is 417. The van der Waals surface area contributed by atoms with Crippen LogP contribution in [0.5, 0.6) is 5.75 Å². The molecule has 1 aliphatic heterocycles. The molecule has 1 aromatic rings. The van der Waals surface area contributed by atoms with Crippen LogP contribution in [0.15, 0.2) is 18.2 Å². The molecule has 0 amide bonds. The van der Waals surface area contributed by atoms with Crippen LogP contribution in [-0.4, -0.2) is 33.4 Å². The first-order valence-corrected chi connectivity index (χ1v) is 7.18. The highest BCUT2D eigenvalue weighted by atomic mass is 35.5. The Morgan fingerprint density at radius 3 is 2.95 bits per heavy atom. The number of benzene rings is 1. The fraction of sp³-hybridized carbons (Fsp3) is 0.600. The molecule has 1 heterocycles. The van der Waals surface area contributed by atoms with Crippen LogP contribution in [0.2, 0.25) is 5.02 Å². The van der Waals surface area contributed by atoms with E-state index in [1.165, 1.54) is 5.56 Å². The van der Waals surface area contributed by atoms with E-state index in [-0.39, 0.29) is 5.41 Å². The highest BCUT2D eigenvalue weighted by molar-refractivity contribution is 6.30. The minimum absolute atomic E-state index is 0.161. The largest absolute Gasteiger partial charge is 0.496 e. The summed E-state index contributed by atoms with van der Waals surface area (Å²) in [5.74, 6) is 0.909. The van der Waals surface area contributed by atoms with E-state index < -0.39 is 0 Å². The molecule has 1 unspecified atom stereocenters. The zero-order valence-corrected chi connectivity index (χ0v) is 12.4. The summed E-state index contributed by atoms with van der Waals surface area (Å²) >= 11 is 6.11. The van der Waals surface area contributed by atoms with Crippen molar-refractivity contribution >= 4 is 11.6 Å². The van der Waals surface area contributed by atoms with E-state index in [9.17, 15) is 0 Å². The third kappa shape index (κ3) is 3.62. The van der Waals surface area contributed by atoms with Crippen LogP contribution >= 0.6 is 11.6 Å². The Morgan fingerprint density at radius 2 is 2.32 bits per heavy atom. The average Bonchev–Trinajstić information content (AvgIpc) is 2.86. The zero-order chi connectivity index (χ0) is 13.7. The minimum Gasteiger partial charge on any atom is -0.496 e. The van der Waals surface area contributed by atoms with Gasteiger partial charge in [0.25, 0.3) is 0 Å². The van der Waals surface area contributed by atoms with Crippen molar-refractivity contribution in [2.24, 2.45) is 5.41 Å².